The van der Waals surface area contributed by atoms with E-state index in [1.54, 1.807) is 7.11 Å². The first-order valence-electron chi connectivity index (χ1n) is 8.17. The average molecular weight is 332 g/mol. The number of aromatic nitrogens is 1. The highest BCUT2D eigenvalue weighted by Crippen LogP contribution is 2.37. The minimum Gasteiger partial charge on any atom is -0.496 e. The normalized spacial score (nSPS) is 13.6. The highest BCUT2D eigenvalue weighted by molar-refractivity contribution is 5.51. The molecule has 0 fully saturated rings. The lowest BCUT2D eigenvalue weighted by Crippen LogP contribution is -2.19. The smallest absolute Gasteiger partial charge is 0.165 e. The van der Waals surface area contributed by atoms with Crippen LogP contribution in [0.3, 0.4) is 0 Å². The van der Waals surface area contributed by atoms with E-state index in [4.69, 9.17) is 18.7 Å². The predicted octanol–water partition coefficient (Wildman–Crippen LogP) is 3.21. The molecular weight excluding hydrogens is 308 g/mol. The molecule has 0 bridgehead atoms. The molecular formula is C18H24N2O4. The Morgan fingerprint density at radius 3 is 2.46 bits per heavy atom. The molecule has 0 amide bonds. The summed E-state index contributed by atoms with van der Waals surface area (Å²) in [4.78, 5) is 2.16. The molecule has 6 heteroatoms. The van der Waals surface area contributed by atoms with Crippen LogP contribution in [0.1, 0.15) is 36.8 Å². The molecule has 0 saturated heterocycles. The molecule has 0 saturated carbocycles. The van der Waals surface area contributed by atoms with Gasteiger partial charge in [0.25, 0.3) is 0 Å². The van der Waals surface area contributed by atoms with Crippen LogP contribution in [0.4, 0.5) is 0 Å². The minimum atomic E-state index is 0.342. The van der Waals surface area contributed by atoms with Crippen LogP contribution in [-0.4, -0.2) is 37.4 Å². The predicted molar refractivity (Wildman–Crippen MR) is 89.7 cm³/mol. The molecule has 0 N–H and O–H groups in total. The van der Waals surface area contributed by atoms with Crippen molar-refractivity contribution in [2.24, 2.45) is 0 Å². The maximum absolute atomic E-state index is 5.67. The maximum Gasteiger partial charge on any atom is 0.165 e. The molecule has 1 aromatic carbocycles. The zero-order valence-electron chi connectivity index (χ0n) is 14.7. The summed E-state index contributed by atoms with van der Waals surface area (Å²) < 4.78 is 22.1. The number of nitrogens with zero attached hydrogens (tertiary/aromatic N) is 2. The maximum atomic E-state index is 5.67. The third kappa shape index (κ3) is 3.64. The average Bonchev–Trinajstić information content (AvgIpc) is 3.02. The second-order valence-corrected chi connectivity index (χ2v) is 6.36. The van der Waals surface area contributed by atoms with Crippen molar-refractivity contribution in [1.82, 2.24) is 10.1 Å². The van der Waals surface area contributed by atoms with Crippen LogP contribution in [0.25, 0.3) is 0 Å². The molecule has 0 spiro atoms. The van der Waals surface area contributed by atoms with Crippen LogP contribution < -0.4 is 14.2 Å². The number of hydrogen-bond donors (Lipinski definition) is 0. The van der Waals surface area contributed by atoms with E-state index in [9.17, 15) is 0 Å². The lowest BCUT2D eigenvalue weighted by Gasteiger charge is -2.22. The molecule has 0 aliphatic carbocycles. The second kappa shape index (κ2) is 7.13. The van der Waals surface area contributed by atoms with Gasteiger partial charge in [-0.15, -0.1) is 0 Å². The number of ether oxygens (including phenoxy) is 3. The fourth-order valence-corrected chi connectivity index (χ4v) is 2.72. The summed E-state index contributed by atoms with van der Waals surface area (Å²) >= 11 is 0. The van der Waals surface area contributed by atoms with Gasteiger partial charge in [-0.05, 0) is 13.1 Å². The van der Waals surface area contributed by atoms with Gasteiger partial charge in [-0.2, -0.15) is 0 Å². The number of methoxy groups -OCH3 is 1. The molecule has 2 heterocycles. The van der Waals surface area contributed by atoms with E-state index < -0.39 is 0 Å². The first-order valence-corrected chi connectivity index (χ1v) is 8.17. The summed E-state index contributed by atoms with van der Waals surface area (Å²) in [6, 6.07) is 5.90. The van der Waals surface area contributed by atoms with Crippen molar-refractivity contribution >= 4 is 0 Å². The summed E-state index contributed by atoms with van der Waals surface area (Å²) in [6.07, 6.45) is 0. The lowest BCUT2D eigenvalue weighted by molar-refractivity contribution is 0.170. The molecule has 1 aromatic heterocycles. The summed E-state index contributed by atoms with van der Waals surface area (Å²) in [5, 5.41) is 4.14. The molecule has 3 rings (SSSR count). The van der Waals surface area contributed by atoms with Gasteiger partial charge in [-0.3, -0.25) is 4.90 Å². The summed E-state index contributed by atoms with van der Waals surface area (Å²) in [5.41, 5.74) is 1.98. The van der Waals surface area contributed by atoms with E-state index in [0.717, 1.165) is 34.3 Å². The fourth-order valence-electron chi connectivity index (χ4n) is 2.72. The SMILES string of the molecule is COc1cc2c(cc1CN(C)Cc1cc(C(C)C)on1)OCCO2. The van der Waals surface area contributed by atoms with Gasteiger partial charge in [0, 0.05) is 36.7 Å². The van der Waals surface area contributed by atoms with Gasteiger partial charge in [0.2, 0.25) is 0 Å². The van der Waals surface area contributed by atoms with Crippen LogP contribution in [0, 0.1) is 0 Å². The fraction of sp³-hybridized carbons (Fsp3) is 0.500. The monoisotopic (exact) mass is 332 g/mol. The number of benzene rings is 1. The molecule has 1 aliphatic heterocycles. The zero-order chi connectivity index (χ0) is 17.1. The molecule has 1 aliphatic rings. The summed E-state index contributed by atoms with van der Waals surface area (Å²) in [5.74, 6) is 3.57. The topological polar surface area (TPSA) is 57.0 Å². The van der Waals surface area contributed by atoms with Crippen molar-refractivity contribution in [1.29, 1.82) is 0 Å². The van der Waals surface area contributed by atoms with Gasteiger partial charge in [0.15, 0.2) is 11.5 Å². The number of fused-ring (bicyclic) bond motifs is 1. The highest BCUT2D eigenvalue weighted by atomic mass is 16.6. The highest BCUT2D eigenvalue weighted by Gasteiger charge is 2.18. The van der Waals surface area contributed by atoms with Gasteiger partial charge in [-0.1, -0.05) is 19.0 Å². The van der Waals surface area contributed by atoms with Gasteiger partial charge in [0.1, 0.15) is 24.7 Å². The van der Waals surface area contributed by atoms with Gasteiger partial charge >= 0.3 is 0 Å². The van der Waals surface area contributed by atoms with Gasteiger partial charge < -0.3 is 18.7 Å². The lowest BCUT2D eigenvalue weighted by atomic mass is 10.1. The Balaban J connectivity index is 1.72. The van der Waals surface area contributed by atoms with Crippen molar-refractivity contribution < 1.29 is 18.7 Å². The third-order valence-electron chi connectivity index (χ3n) is 3.96. The third-order valence-corrected chi connectivity index (χ3v) is 3.96. The van der Waals surface area contributed by atoms with Crippen molar-refractivity contribution in [3.8, 4) is 17.2 Å². The standard InChI is InChI=1S/C18H24N2O4/c1-12(2)15-8-14(19-24-15)11-20(3)10-13-7-17-18(9-16(13)21-4)23-6-5-22-17/h7-9,12H,5-6,10-11H2,1-4H3. The van der Waals surface area contributed by atoms with Crippen LogP contribution in [0.15, 0.2) is 22.7 Å². The molecule has 6 nitrogen and oxygen atoms in total. The first kappa shape index (κ1) is 16.6. The summed E-state index contributed by atoms with van der Waals surface area (Å²) in [7, 11) is 3.71. The quantitative estimate of drug-likeness (QED) is 0.809. The molecule has 0 atom stereocenters. The van der Waals surface area contributed by atoms with E-state index in [1.165, 1.54) is 0 Å². The van der Waals surface area contributed by atoms with Crippen LogP contribution in [-0.2, 0) is 13.1 Å². The Morgan fingerprint density at radius 1 is 1.12 bits per heavy atom. The van der Waals surface area contributed by atoms with Crippen molar-refractivity contribution in [3.05, 3.63) is 35.2 Å². The van der Waals surface area contributed by atoms with E-state index >= 15 is 0 Å². The van der Waals surface area contributed by atoms with Crippen LogP contribution in [0.2, 0.25) is 0 Å². The summed E-state index contributed by atoms with van der Waals surface area (Å²) in [6.45, 7) is 6.74. The van der Waals surface area contributed by atoms with Crippen molar-refractivity contribution in [2.75, 3.05) is 27.4 Å². The van der Waals surface area contributed by atoms with Gasteiger partial charge in [-0.25, -0.2) is 0 Å². The van der Waals surface area contributed by atoms with E-state index in [1.807, 2.05) is 25.2 Å². The zero-order valence-corrected chi connectivity index (χ0v) is 14.7. The van der Waals surface area contributed by atoms with Crippen molar-refractivity contribution in [3.63, 3.8) is 0 Å². The number of hydrogen-bond acceptors (Lipinski definition) is 6. The largest absolute Gasteiger partial charge is 0.496 e. The minimum absolute atomic E-state index is 0.342. The Bertz CT molecular complexity index is 696. The molecule has 2 aromatic rings. The Morgan fingerprint density at radius 2 is 1.83 bits per heavy atom. The Kier molecular flexibility index (Phi) is 4.94. The Hall–Kier alpha value is -2.21. The Labute approximate surface area is 142 Å². The van der Waals surface area contributed by atoms with E-state index in [-0.39, 0.29) is 0 Å². The molecule has 24 heavy (non-hydrogen) atoms. The molecule has 130 valence electrons. The van der Waals surface area contributed by atoms with Crippen LogP contribution >= 0.6 is 0 Å². The van der Waals surface area contributed by atoms with Crippen LogP contribution in [0.5, 0.6) is 17.2 Å². The van der Waals surface area contributed by atoms with Gasteiger partial charge in [0.05, 0.1) is 12.8 Å². The van der Waals surface area contributed by atoms with E-state index in [0.29, 0.717) is 32.2 Å². The van der Waals surface area contributed by atoms with Crippen molar-refractivity contribution in [2.45, 2.75) is 32.9 Å². The first-order chi connectivity index (χ1) is 11.6. The number of rotatable bonds is 6. The van der Waals surface area contributed by atoms with E-state index in [2.05, 4.69) is 23.9 Å². The second-order valence-electron chi connectivity index (χ2n) is 6.36. The molecule has 0 radical (unpaired) electrons. The molecule has 0 unspecified atom stereocenters.